The lowest BCUT2D eigenvalue weighted by Crippen LogP contribution is -2.38. The summed E-state index contributed by atoms with van der Waals surface area (Å²) in [6.07, 6.45) is 3.37. The molecule has 0 radical (unpaired) electrons. The zero-order chi connectivity index (χ0) is 17.5. The van der Waals surface area contributed by atoms with Gasteiger partial charge < -0.3 is 15.2 Å². The highest BCUT2D eigenvalue weighted by Crippen LogP contribution is 2.27. The van der Waals surface area contributed by atoms with E-state index in [1.807, 2.05) is 47.4 Å². The third-order valence-electron chi connectivity index (χ3n) is 4.99. The van der Waals surface area contributed by atoms with Crippen molar-refractivity contribution in [1.82, 2.24) is 19.9 Å². The number of urea groups is 1. The molecule has 0 bridgehead atoms. The summed E-state index contributed by atoms with van der Waals surface area (Å²) in [6, 6.07) is 13.7. The first-order chi connectivity index (χ1) is 12.8. The van der Waals surface area contributed by atoms with E-state index in [4.69, 9.17) is 4.98 Å². The maximum Gasteiger partial charge on any atom is 0.321 e. The molecule has 26 heavy (non-hydrogen) atoms. The smallest absolute Gasteiger partial charge is 0.321 e. The van der Waals surface area contributed by atoms with E-state index in [0.29, 0.717) is 0 Å². The Labute approximate surface area is 150 Å². The van der Waals surface area contributed by atoms with Gasteiger partial charge in [-0.25, -0.2) is 14.8 Å². The molecule has 1 aliphatic rings. The highest BCUT2D eigenvalue weighted by Gasteiger charge is 2.17. The Hall–Kier alpha value is -3.15. The van der Waals surface area contributed by atoms with Crippen LogP contribution in [-0.4, -0.2) is 39.0 Å². The Morgan fingerprint density at radius 3 is 2.58 bits per heavy atom. The minimum Gasteiger partial charge on any atom is -0.338 e. The molecule has 1 fully saturated rings. The lowest BCUT2D eigenvalue weighted by atomic mass is 10.1. The van der Waals surface area contributed by atoms with Gasteiger partial charge in [0.25, 0.3) is 0 Å². The summed E-state index contributed by atoms with van der Waals surface area (Å²) < 4.78 is 0. The summed E-state index contributed by atoms with van der Waals surface area (Å²) in [5.74, 6) is 0. The van der Waals surface area contributed by atoms with Crippen LogP contribution in [0.5, 0.6) is 0 Å². The van der Waals surface area contributed by atoms with Crippen LogP contribution in [-0.2, 0) is 0 Å². The van der Waals surface area contributed by atoms with Gasteiger partial charge in [-0.1, -0.05) is 12.1 Å². The number of nitrogens with zero attached hydrogens (tertiary/aromatic N) is 3. The number of amides is 2. The number of aromatic nitrogens is 3. The van der Waals surface area contributed by atoms with Gasteiger partial charge in [-0.05, 0) is 49.6 Å². The van der Waals surface area contributed by atoms with Gasteiger partial charge in [0.1, 0.15) is 5.52 Å². The number of piperidine rings is 1. The standard InChI is InChI=1S/C20H19N5O/c26-20(25-10-4-1-5-11-25)21-13-8-9-15-14(12-13)18-19(23-15)24-17-7-3-2-6-16(17)22-18/h2-3,6-9,12H,1,4-5,10-11H2,(H,21,26)(H,23,24). The van der Waals surface area contributed by atoms with Crippen molar-refractivity contribution in [2.45, 2.75) is 19.3 Å². The lowest BCUT2D eigenvalue weighted by molar-refractivity contribution is 0.200. The fraction of sp³-hybridized carbons (Fsp3) is 0.250. The molecule has 5 rings (SSSR count). The number of carbonyl (C=O) groups is 1. The van der Waals surface area contributed by atoms with Crippen LogP contribution in [0.15, 0.2) is 42.5 Å². The van der Waals surface area contributed by atoms with Crippen LogP contribution < -0.4 is 5.32 Å². The lowest BCUT2D eigenvalue weighted by Gasteiger charge is -2.26. The summed E-state index contributed by atoms with van der Waals surface area (Å²) >= 11 is 0. The molecule has 0 unspecified atom stereocenters. The highest BCUT2D eigenvalue weighted by atomic mass is 16.2. The molecule has 2 aromatic carbocycles. The molecule has 0 spiro atoms. The van der Waals surface area contributed by atoms with Gasteiger partial charge in [-0.3, -0.25) is 0 Å². The van der Waals surface area contributed by atoms with Crippen molar-refractivity contribution in [2.75, 3.05) is 18.4 Å². The normalized spacial score (nSPS) is 15.0. The maximum atomic E-state index is 12.5. The van der Waals surface area contributed by atoms with Crippen LogP contribution in [0.3, 0.4) is 0 Å². The average molecular weight is 345 g/mol. The Morgan fingerprint density at radius 1 is 1.00 bits per heavy atom. The molecule has 0 aliphatic carbocycles. The minimum atomic E-state index is -0.0274. The number of rotatable bonds is 1. The van der Waals surface area contributed by atoms with E-state index in [9.17, 15) is 4.79 Å². The van der Waals surface area contributed by atoms with E-state index in [1.165, 1.54) is 6.42 Å². The quantitative estimate of drug-likeness (QED) is 0.541. The summed E-state index contributed by atoms with van der Waals surface area (Å²) in [6.45, 7) is 1.66. The van der Waals surface area contributed by atoms with Crippen molar-refractivity contribution in [3.63, 3.8) is 0 Å². The molecule has 0 atom stereocenters. The van der Waals surface area contributed by atoms with Crippen molar-refractivity contribution in [3.05, 3.63) is 42.5 Å². The number of hydrogen-bond donors (Lipinski definition) is 2. The van der Waals surface area contributed by atoms with Gasteiger partial charge >= 0.3 is 6.03 Å². The summed E-state index contributed by atoms with van der Waals surface area (Å²) in [7, 11) is 0. The third-order valence-corrected chi connectivity index (χ3v) is 4.99. The molecule has 1 saturated heterocycles. The number of likely N-dealkylation sites (tertiary alicyclic amines) is 1. The molecule has 2 amide bonds. The van der Waals surface area contributed by atoms with Crippen LogP contribution >= 0.6 is 0 Å². The van der Waals surface area contributed by atoms with E-state index in [2.05, 4.69) is 15.3 Å². The first-order valence-electron chi connectivity index (χ1n) is 9.02. The summed E-state index contributed by atoms with van der Waals surface area (Å²) in [5.41, 5.74) is 5.06. The number of benzene rings is 2. The Bertz CT molecular complexity index is 1130. The number of anilines is 1. The largest absolute Gasteiger partial charge is 0.338 e. The Kier molecular flexibility index (Phi) is 3.48. The number of carbonyl (C=O) groups excluding carboxylic acids is 1. The molecule has 2 aromatic heterocycles. The highest BCUT2D eigenvalue weighted by molar-refractivity contribution is 6.07. The van der Waals surface area contributed by atoms with Crippen molar-refractivity contribution >= 4 is 44.8 Å². The first-order valence-corrected chi connectivity index (χ1v) is 9.02. The number of fused-ring (bicyclic) bond motifs is 4. The maximum absolute atomic E-state index is 12.5. The molecule has 4 aromatic rings. The molecular weight excluding hydrogens is 326 g/mol. The van der Waals surface area contributed by atoms with Crippen LogP contribution in [0.2, 0.25) is 0 Å². The van der Waals surface area contributed by atoms with E-state index in [0.717, 1.165) is 64.7 Å². The van der Waals surface area contributed by atoms with E-state index in [-0.39, 0.29) is 6.03 Å². The molecule has 0 saturated carbocycles. The number of aromatic amines is 1. The van der Waals surface area contributed by atoms with Crippen molar-refractivity contribution in [3.8, 4) is 0 Å². The minimum absolute atomic E-state index is 0.0274. The SMILES string of the molecule is O=C(Nc1ccc2[nH]c3nc4ccccc4nc3c2c1)N1CCCCC1. The summed E-state index contributed by atoms with van der Waals surface area (Å²) in [4.78, 5) is 27.1. The average Bonchev–Trinajstić information content (AvgIpc) is 3.03. The number of para-hydroxylation sites is 2. The molecule has 2 N–H and O–H groups in total. The van der Waals surface area contributed by atoms with Crippen LogP contribution in [0.4, 0.5) is 10.5 Å². The second-order valence-electron chi connectivity index (χ2n) is 6.77. The van der Waals surface area contributed by atoms with E-state index < -0.39 is 0 Å². The van der Waals surface area contributed by atoms with E-state index in [1.54, 1.807) is 0 Å². The monoisotopic (exact) mass is 345 g/mol. The second-order valence-corrected chi connectivity index (χ2v) is 6.77. The number of hydrogen-bond acceptors (Lipinski definition) is 3. The Balaban J connectivity index is 1.54. The molecule has 6 heteroatoms. The van der Waals surface area contributed by atoms with Crippen LogP contribution in [0.1, 0.15) is 19.3 Å². The van der Waals surface area contributed by atoms with E-state index >= 15 is 0 Å². The zero-order valence-corrected chi connectivity index (χ0v) is 14.3. The van der Waals surface area contributed by atoms with Gasteiger partial charge in [-0.2, -0.15) is 0 Å². The molecule has 3 heterocycles. The zero-order valence-electron chi connectivity index (χ0n) is 14.3. The topological polar surface area (TPSA) is 73.9 Å². The second kappa shape index (κ2) is 5.98. The predicted octanol–water partition coefficient (Wildman–Crippen LogP) is 4.28. The molecule has 6 nitrogen and oxygen atoms in total. The first kappa shape index (κ1) is 15.1. The van der Waals surface area contributed by atoms with Crippen molar-refractivity contribution in [1.29, 1.82) is 0 Å². The molecular formula is C20H19N5O. The Morgan fingerprint density at radius 2 is 1.77 bits per heavy atom. The van der Waals surface area contributed by atoms with Gasteiger partial charge in [0.15, 0.2) is 5.65 Å². The van der Waals surface area contributed by atoms with Gasteiger partial charge in [-0.15, -0.1) is 0 Å². The van der Waals surface area contributed by atoms with Crippen molar-refractivity contribution in [2.24, 2.45) is 0 Å². The summed E-state index contributed by atoms with van der Waals surface area (Å²) in [5, 5.41) is 3.99. The van der Waals surface area contributed by atoms with Crippen molar-refractivity contribution < 1.29 is 4.79 Å². The van der Waals surface area contributed by atoms with Crippen LogP contribution in [0, 0.1) is 0 Å². The number of nitrogens with one attached hydrogen (secondary N) is 2. The van der Waals surface area contributed by atoms with Crippen LogP contribution in [0.25, 0.3) is 33.1 Å². The van der Waals surface area contributed by atoms with Gasteiger partial charge in [0.2, 0.25) is 0 Å². The van der Waals surface area contributed by atoms with Gasteiger partial charge in [0, 0.05) is 29.7 Å². The predicted molar refractivity (Wildman–Crippen MR) is 103 cm³/mol. The fourth-order valence-electron chi connectivity index (χ4n) is 3.63. The number of H-pyrrole nitrogens is 1. The third kappa shape index (κ3) is 2.54. The molecule has 130 valence electrons. The molecule has 1 aliphatic heterocycles. The fourth-order valence-corrected chi connectivity index (χ4v) is 3.63. The van der Waals surface area contributed by atoms with Gasteiger partial charge in [0.05, 0.1) is 11.0 Å².